The van der Waals surface area contributed by atoms with E-state index in [-0.39, 0.29) is 17.3 Å². The zero-order chi connectivity index (χ0) is 13.4. The van der Waals surface area contributed by atoms with Gasteiger partial charge >= 0.3 is 0 Å². The first-order valence-electron chi connectivity index (χ1n) is 5.79. The minimum absolute atomic E-state index is 0.117. The molecular weight excluding hydrogens is 250 g/mol. The fourth-order valence-corrected chi connectivity index (χ4v) is 2.32. The van der Waals surface area contributed by atoms with Crippen LogP contribution in [0.4, 0.5) is 5.69 Å². The molecule has 96 valence electrons. The number of para-hydroxylation sites is 1. The molecule has 1 aromatic heterocycles. The van der Waals surface area contributed by atoms with E-state index in [2.05, 4.69) is 0 Å². The zero-order valence-electron chi connectivity index (χ0n) is 10.6. The molecule has 2 rings (SSSR count). The van der Waals surface area contributed by atoms with E-state index in [4.69, 9.17) is 17.3 Å². The van der Waals surface area contributed by atoms with Gasteiger partial charge in [-0.3, -0.25) is 9.48 Å². The van der Waals surface area contributed by atoms with E-state index in [1.807, 2.05) is 43.7 Å². The van der Waals surface area contributed by atoms with Crippen LogP contribution in [0.15, 0.2) is 29.1 Å². The lowest BCUT2D eigenvalue weighted by Gasteiger charge is -2.17. The van der Waals surface area contributed by atoms with Crippen LogP contribution < -0.4 is 11.3 Å². The highest BCUT2D eigenvalue weighted by Crippen LogP contribution is 2.22. The minimum Gasteiger partial charge on any atom is -0.393 e. The summed E-state index contributed by atoms with van der Waals surface area (Å²) in [6.07, 6.45) is 0. The van der Waals surface area contributed by atoms with Gasteiger partial charge < -0.3 is 5.73 Å². The molecule has 0 radical (unpaired) electrons. The summed E-state index contributed by atoms with van der Waals surface area (Å²) in [5.74, 6) is 0. The van der Waals surface area contributed by atoms with Gasteiger partial charge in [0.25, 0.3) is 5.56 Å². The molecule has 5 heteroatoms. The summed E-state index contributed by atoms with van der Waals surface area (Å²) in [4.78, 5) is 12.2. The van der Waals surface area contributed by atoms with Gasteiger partial charge in [-0.1, -0.05) is 23.7 Å². The van der Waals surface area contributed by atoms with E-state index in [0.717, 1.165) is 5.69 Å². The largest absolute Gasteiger partial charge is 0.393 e. The van der Waals surface area contributed by atoms with Crippen LogP contribution in [0.3, 0.4) is 0 Å². The molecule has 4 nitrogen and oxygen atoms in total. The monoisotopic (exact) mass is 265 g/mol. The fraction of sp³-hybridized carbons (Fsp3) is 0.308. The van der Waals surface area contributed by atoms with Crippen molar-refractivity contribution in [2.45, 2.75) is 26.8 Å². The molecule has 0 saturated heterocycles. The number of nitrogens with zero attached hydrogens (tertiary/aromatic N) is 2. The molecule has 2 N–H and O–H groups in total. The number of nitrogen functional groups attached to an aromatic ring is 1. The number of halogens is 1. The zero-order valence-corrected chi connectivity index (χ0v) is 11.4. The maximum Gasteiger partial charge on any atom is 0.294 e. The van der Waals surface area contributed by atoms with Crippen molar-refractivity contribution >= 4 is 17.3 Å². The lowest BCUT2D eigenvalue weighted by atomic mass is 10.3. The molecule has 0 aliphatic carbocycles. The van der Waals surface area contributed by atoms with Gasteiger partial charge in [0.15, 0.2) is 0 Å². The first-order valence-corrected chi connectivity index (χ1v) is 6.17. The first-order chi connectivity index (χ1) is 8.45. The van der Waals surface area contributed by atoms with E-state index in [0.29, 0.717) is 10.7 Å². The van der Waals surface area contributed by atoms with E-state index in [1.54, 1.807) is 6.07 Å². The predicted molar refractivity (Wildman–Crippen MR) is 74.6 cm³/mol. The maximum absolute atomic E-state index is 12.2. The highest BCUT2D eigenvalue weighted by molar-refractivity contribution is 6.32. The van der Waals surface area contributed by atoms with Crippen molar-refractivity contribution < 1.29 is 0 Å². The third-order valence-electron chi connectivity index (χ3n) is 2.94. The molecule has 0 amide bonds. The fourth-order valence-electron chi connectivity index (χ4n) is 2.11. The molecular formula is C13H16ClN3O. The van der Waals surface area contributed by atoms with Gasteiger partial charge in [-0.25, -0.2) is 4.68 Å². The van der Waals surface area contributed by atoms with Gasteiger partial charge in [-0.2, -0.15) is 0 Å². The third kappa shape index (κ3) is 1.82. The predicted octanol–water partition coefficient (Wildman–Crippen LogP) is 2.76. The van der Waals surface area contributed by atoms with Crippen LogP contribution in [0, 0.1) is 6.92 Å². The number of nitrogens with two attached hydrogens (primary N) is 1. The SMILES string of the molecule is Cc1c(N)c(=O)n(-c2ccccc2Cl)n1C(C)C. The standard InChI is InChI=1S/C13H16ClN3O/c1-8(2)16-9(3)12(15)13(18)17(16)11-7-5-4-6-10(11)14/h4-8H,15H2,1-3H3. The first kappa shape index (κ1) is 12.8. The molecule has 0 aliphatic rings. The Morgan fingerprint density at radius 2 is 1.89 bits per heavy atom. The normalized spacial score (nSPS) is 11.2. The highest BCUT2D eigenvalue weighted by Gasteiger charge is 2.18. The summed E-state index contributed by atoms with van der Waals surface area (Å²) in [5, 5.41) is 0.527. The summed E-state index contributed by atoms with van der Waals surface area (Å²) >= 11 is 6.16. The molecule has 0 unspecified atom stereocenters. The summed E-state index contributed by atoms with van der Waals surface area (Å²) in [5.41, 5.74) is 7.28. The van der Waals surface area contributed by atoms with Gasteiger partial charge in [-0.05, 0) is 32.9 Å². The molecule has 0 aliphatic heterocycles. The minimum atomic E-state index is -0.228. The summed E-state index contributed by atoms with van der Waals surface area (Å²) in [7, 11) is 0. The van der Waals surface area contributed by atoms with Crippen molar-refractivity contribution in [1.29, 1.82) is 0 Å². The Morgan fingerprint density at radius 3 is 2.44 bits per heavy atom. The van der Waals surface area contributed by atoms with Crippen molar-refractivity contribution in [2.24, 2.45) is 0 Å². The van der Waals surface area contributed by atoms with E-state index in [1.165, 1.54) is 4.68 Å². The smallest absolute Gasteiger partial charge is 0.294 e. The van der Waals surface area contributed by atoms with Crippen LogP contribution in [0.25, 0.3) is 5.69 Å². The molecule has 1 aromatic carbocycles. The van der Waals surface area contributed by atoms with Crippen LogP contribution >= 0.6 is 11.6 Å². The topological polar surface area (TPSA) is 53.0 Å². The Morgan fingerprint density at radius 1 is 1.28 bits per heavy atom. The second kappa shape index (κ2) is 4.53. The second-order valence-electron chi connectivity index (χ2n) is 4.51. The number of benzene rings is 1. The average molecular weight is 266 g/mol. The average Bonchev–Trinajstić information content (AvgIpc) is 2.54. The van der Waals surface area contributed by atoms with Crippen molar-refractivity contribution in [3.8, 4) is 5.69 Å². The van der Waals surface area contributed by atoms with Crippen LogP contribution in [0.1, 0.15) is 25.6 Å². The Kier molecular flexibility index (Phi) is 3.22. The number of hydrogen-bond acceptors (Lipinski definition) is 2. The van der Waals surface area contributed by atoms with Gasteiger partial charge in [0, 0.05) is 6.04 Å². The number of anilines is 1. The summed E-state index contributed by atoms with van der Waals surface area (Å²) < 4.78 is 3.40. The Bertz CT molecular complexity index is 640. The van der Waals surface area contributed by atoms with Crippen molar-refractivity contribution in [3.05, 3.63) is 45.3 Å². The number of hydrogen-bond donors (Lipinski definition) is 1. The van der Waals surface area contributed by atoms with Crippen LogP contribution in [-0.2, 0) is 0 Å². The van der Waals surface area contributed by atoms with Gasteiger partial charge in [0.2, 0.25) is 0 Å². The summed E-state index contributed by atoms with van der Waals surface area (Å²) in [6.45, 7) is 5.84. The molecule has 0 saturated carbocycles. The van der Waals surface area contributed by atoms with E-state index >= 15 is 0 Å². The molecule has 2 aromatic rings. The third-order valence-corrected chi connectivity index (χ3v) is 3.26. The molecule has 0 bridgehead atoms. The summed E-state index contributed by atoms with van der Waals surface area (Å²) in [6, 6.07) is 7.35. The molecule has 0 fully saturated rings. The highest BCUT2D eigenvalue weighted by atomic mass is 35.5. The van der Waals surface area contributed by atoms with Gasteiger partial charge in [-0.15, -0.1) is 0 Å². The van der Waals surface area contributed by atoms with Gasteiger partial charge in [0.05, 0.1) is 16.4 Å². The molecule has 1 heterocycles. The second-order valence-corrected chi connectivity index (χ2v) is 4.91. The molecule has 18 heavy (non-hydrogen) atoms. The molecule has 0 spiro atoms. The van der Waals surface area contributed by atoms with E-state index < -0.39 is 0 Å². The van der Waals surface area contributed by atoms with Crippen LogP contribution in [0.5, 0.6) is 0 Å². The Labute approximate surface area is 111 Å². The number of rotatable bonds is 2. The number of aromatic nitrogens is 2. The maximum atomic E-state index is 12.2. The van der Waals surface area contributed by atoms with Crippen molar-refractivity contribution in [2.75, 3.05) is 5.73 Å². The van der Waals surface area contributed by atoms with Crippen molar-refractivity contribution in [1.82, 2.24) is 9.36 Å². The van der Waals surface area contributed by atoms with E-state index in [9.17, 15) is 4.79 Å². The van der Waals surface area contributed by atoms with Crippen LogP contribution in [-0.4, -0.2) is 9.36 Å². The van der Waals surface area contributed by atoms with Crippen LogP contribution in [0.2, 0.25) is 5.02 Å². The van der Waals surface area contributed by atoms with Crippen molar-refractivity contribution in [3.63, 3.8) is 0 Å². The Hall–Kier alpha value is -1.68. The quantitative estimate of drug-likeness (QED) is 0.908. The lowest BCUT2D eigenvalue weighted by Crippen LogP contribution is -2.23. The van der Waals surface area contributed by atoms with Gasteiger partial charge in [0.1, 0.15) is 5.69 Å². The Balaban J connectivity index is 2.84. The molecule has 0 atom stereocenters. The lowest BCUT2D eigenvalue weighted by molar-refractivity contribution is 0.467.